The fourth-order valence-electron chi connectivity index (χ4n) is 3.22. The van der Waals surface area contributed by atoms with E-state index in [9.17, 15) is 13.0 Å². The van der Waals surface area contributed by atoms with Crippen molar-refractivity contribution in [3.05, 3.63) is 54.6 Å². The first-order valence-electron chi connectivity index (χ1n) is 8.04. The summed E-state index contributed by atoms with van der Waals surface area (Å²) in [7, 11) is -5.45. The largest absolute Gasteiger partial charge is 0.295 e. The molecule has 1 saturated heterocycles. The first kappa shape index (κ1) is 18.1. The van der Waals surface area contributed by atoms with Crippen molar-refractivity contribution in [2.24, 2.45) is 5.11 Å². The highest BCUT2D eigenvalue weighted by Gasteiger charge is 2.35. The molecule has 2 aromatic carbocycles. The van der Waals surface area contributed by atoms with Crippen molar-refractivity contribution >= 4 is 28.8 Å². The Kier molecular flexibility index (Phi) is 5.59. The number of nitrogens with one attached hydrogen (secondary N) is 1. The van der Waals surface area contributed by atoms with E-state index in [4.69, 9.17) is 5.53 Å². The van der Waals surface area contributed by atoms with E-state index in [2.05, 4.69) is 9.78 Å². The van der Waals surface area contributed by atoms with E-state index in [0.29, 0.717) is 11.8 Å². The summed E-state index contributed by atoms with van der Waals surface area (Å²) in [5.74, 6) is 0. The lowest BCUT2D eigenvalue weighted by molar-refractivity contribution is 0.428. The topological polar surface area (TPSA) is 93.8 Å². The average Bonchev–Trinajstić information content (AvgIpc) is 3.04. The molecule has 1 aliphatic heterocycles. The van der Waals surface area contributed by atoms with Gasteiger partial charge < -0.3 is 0 Å². The van der Waals surface area contributed by atoms with Crippen LogP contribution in [0.25, 0.3) is 0 Å². The van der Waals surface area contributed by atoms with Crippen molar-refractivity contribution < 1.29 is 13.0 Å². The quantitative estimate of drug-likeness (QED) is 0.460. The number of nitrogens with zero attached hydrogens (tertiary/aromatic N) is 2. The molecule has 0 saturated carbocycles. The Hall–Kier alpha value is -1.66. The monoisotopic (exact) mass is 377 g/mol. The standard InChI is InChI=1S/C17H20N3O3PS/c18-19-13-14-7-6-12-20(14)24(15-8-2-1-3-9-15)16-10-4-5-11-17(16)25(21,22)23/h1-5,8-11,14,18H,6-7,12-13H2,(H,21,22,23). The number of rotatable bonds is 6. The van der Waals surface area contributed by atoms with E-state index in [0.717, 1.165) is 24.7 Å². The molecule has 2 aromatic rings. The average molecular weight is 377 g/mol. The van der Waals surface area contributed by atoms with Crippen molar-refractivity contribution in [3.63, 3.8) is 0 Å². The highest BCUT2D eigenvalue weighted by Crippen LogP contribution is 2.45. The predicted molar refractivity (Wildman–Crippen MR) is 98.6 cm³/mol. The molecule has 0 aromatic heterocycles. The van der Waals surface area contributed by atoms with Crippen LogP contribution in [0.4, 0.5) is 0 Å². The Morgan fingerprint density at radius 3 is 2.52 bits per heavy atom. The van der Waals surface area contributed by atoms with Crippen LogP contribution in [-0.2, 0) is 10.1 Å². The molecule has 2 atom stereocenters. The van der Waals surface area contributed by atoms with Crippen LogP contribution in [0.2, 0.25) is 0 Å². The number of hydrogen-bond donors (Lipinski definition) is 2. The Balaban J connectivity index is 2.15. The van der Waals surface area contributed by atoms with Crippen LogP contribution in [0.3, 0.4) is 0 Å². The first-order valence-corrected chi connectivity index (χ1v) is 10.8. The molecule has 2 unspecified atom stereocenters. The van der Waals surface area contributed by atoms with Gasteiger partial charge in [-0.2, -0.15) is 13.5 Å². The molecule has 0 radical (unpaired) electrons. The van der Waals surface area contributed by atoms with Gasteiger partial charge in [-0.25, -0.2) is 5.53 Å². The maximum Gasteiger partial charge on any atom is 0.295 e. The predicted octanol–water partition coefficient (Wildman–Crippen LogP) is 2.78. The number of benzene rings is 2. The minimum atomic E-state index is -4.32. The summed E-state index contributed by atoms with van der Waals surface area (Å²) >= 11 is 0. The molecular weight excluding hydrogens is 357 g/mol. The number of hydrogen-bond acceptors (Lipinski definition) is 5. The van der Waals surface area contributed by atoms with Gasteiger partial charge in [0.1, 0.15) is 4.90 Å². The highest BCUT2D eigenvalue weighted by molar-refractivity contribution is 7.87. The van der Waals surface area contributed by atoms with E-state index in [1.165, 1.54) is 6.07 Å². The third kappa shape index (κ3) is 3.96. The Labute approximate surface area is 148 Å². The van der Waals surface area contributed by atoms with Gasteiger partial charge in [-0.15, -0.1) is 0 Å². The van der Waals surface area contributed by atoms with Gasteiger partial charge in [-0.05, 0) is 24.2 Å². The fourth-order valence-corrected chi connectivity index (χ4v) is 7.08. The van der Waals surface area contributed by atoms with E-state index in [-0.39, 0.29) is 10.9 Å². The second kappa shape index (κ2) is 7.70. The Morgan fingerprint density at radius 1 is 1.16 bits per heavy atom. The molecule has 0 aliphatic carbocycles. The molecular formula is C17H20N3O3PS. The molecule has 0 bridgehead atoms. The minimum absolute atomic E-state index is 0.0431. The van der Waals surface area contributed by atoms with Crippen molar-refractivity contribution in [2.45, 2.75) is 23.8 Å². The van der Waals surface area contributed by atoms with E-state index < -0.39 is 18.2 Å². The van der Waals surface area contributed by atoms with Gasteiger partial charge >= 0.3 is 0 Å². The molecule has 6 nitrogen and oxygen atoms in total. The molecule has 1 aliphatic rings. The van der Waals surface area contributed by atoms with Crippen LogP contribution in [0.5, 0.6) is 0 Å². The summed E-state index contributed by atoms with van der Waals surface area (Å²) in [5.41, 5.74) is 7.22. The molecule has 0 amide bonds. The Morgan fingerprint density at radius 2 is 1.84 bits per heavy atom. The van der Waals surface area contributed by atoms with Gasteiger partial charge in [-0.3, -0.25) is 9.22 Å². The second-order valence-corrected chi connectivity index (χ2v) is 9.42. The van der Waals surface area contributed by atoms with Crippen molar-refractivity contribution in [1.82, 2.24) is 4.67 Å². The zero-order valence-electron chi connectivity index (χ0n) is 13.6. The van der Waals surface area contributed by atoms with Crippen molar-refractivity contribution in [1.29, 1.82) is 5.53 Å². The van der Waals surface area contributed by atoms with Crippen molar-refractivity contribution in [2.75, 3.05) is 13.1 Å². The molecule has 132 valence electrons. The van der Waals surface area contributed by atoms with Crippen LogP contribution in [0.15, 0.2) is 64.6 Å². The summed E-state index contributed by atoms with van der Waals surface area (Å²) < 4.78 is 35.8. The van der Waals surface area contributed by atoms with Crippen LogP contribution in [0, 0.1) is 5.53 Å². The van der Waals surface area contributed by atoms with Gasteiger partial charge in [0.25, 0.3) is 10.1 Å². The Bertz CT molecular complexity index is 845. The van der Waals surface area contributed by atoms with Crippen LogP contribution in [-0.4, -0.2) is 36.8 Å². The third-order valence-corrected chi connectivity index (χ3v) is 8.01. The van der Waals surface area contributed by atoms with Gasteiger partial charge in [0.2, 0.25) is 0 Å². The highest BCUT2D eigenvalue weighted by atomic mass is 32.2. The molecule has 3 rings (SSSR count). The minimum Gasteiger partial charge on any atom is -0.282 e. The van der Waals surface area contributed by atoms with Crippen molar-refractivity contribution in [3.8, 4) is 0 Å². The van der Waals surface area contributed by atoms with Gasteiger partial charge in [-0.1, -0.05) is 48.5 Å². The summed E-state index contributed by atoms with van der Waals surface area (Å²) in [4.78, 5) is -0.0431. The second-order valence-electron chi connectivity index (χ2n) is 5.89. The maximum absolute atomic E-state index is 11.9. The molecule has 0 spiro atoms. The zero-order chi connectivity index (χ0) is 17.9. The van der Waals surface area contributed by atoms with E-state index in [1.807, 2.05) is 30.3 Å². The maximum atomic E-state index is 11.9. The third-order valence-electron chi connectivity index (χ3n) is 4.28. The first-order chi connectivity index (χ1) is 12.0. The lowest BCUT2D eigenvalue weighted by atomic mass is 10.2. The summed E-state index contributed by atoms with van der Waals surface area (Å²) in [6, 6.07) is 16.5. The lowest BCUT2D eigenvalue weighted by Gasteiger charge is -2.33. The summed E-state index contributed by atoms with van der Waals surface area (Å²) in [6.45, 7) is 1.22. The summed E-state index contributed by atoms with van der Waals surface area (Å²) in [5, 5.41) is 5.19. The van der Waals surface area contributed by atoms with Gasteiger partial charge in [0, 0.05) is 26.0 Å². The van der Waals surface area contributed by atoms with Gasteiger partial charge in [0.05, 0.1) is 6.54 Å². The normalized spacial score (nSPS) is 19.6. The van der Waals surface area contributed by atoms with Gasteiger partial charge in [0.15, 0.2) is 0 Å². The lowest BCUT2D eigenvalue weighted by Crippen LogP contribution is -2.35. The van der Waals surface area contributed by atoms with Crippen LogP contribution in [0.1, 0.15) is 12.8 Å². The summed E-state index contributed by atoms with van der Waals surface area (Å²) in [6.07, 6.45) is 1.92. The van der Waals surface area contributed by atoms with Crippen LogP contribution >= 0.6 is 8.07 Å². The van der Waals surface area contributed by atoms with E-state index in [1.54, 1.807) is 18.2 Å². The molecule has 1 heterocycles. The molecule has 25 heavy (non-hydrogen) atoms. The SMILES string of the molecule is N=NCC1CCCN1P(c1ccccc1)c1ccccc1S(=O)(=O)O. The molecule has 2 N–H and O–H groups in total. The fraction of sp³-hybridized carbons (Fsp3) is 0.294. The zero-order valence-corrected chi connectivity index (χ0v) is 15.3. The smallest absolute Gasteiger partial charge is 0.282 e. The molecule has 8 heteroatoms. The van der Waals surface area contributed by atoms with Crippen LogP contribution < -0.4 is 10.6 Å². The molecule has 1 fully saturated rings. The van der Waals surface area contributed by atoms with E-state index >= 15 is 0 Å².